The number of nitrogens with zero attached hydrogens (tertiary/aromatic N) is 7. The first kappa shape index (κ1) is 30.9. The first-order chi connectivity index (χ1) is 22.6. The Labute approximate surface area is 274 Å². The molecule has 1 saturated carbocycles. The molecule has 0 radical (unpaired) electrons. The molecule has 3 aliphatic rings. The second kappa shape index (κ2) is 12.2. The van der Waals surface area contributed by atoms with Gasteiger partial charge in [-0.05, 0) is 88.6 Å². The predicted molar refractivity (Wildman–Crippen MR) is 176 cm³/mol. The number of anilines is 1. The number of piperidine rings is 1. The molecule has 6 heterocycles. The average molecular weight is 636 g/mol. The van der Waals surface area contributed by atoms with Crippen LogP contribution in [-0.2, 0) is 11.2 Å². The van der Waals surface area contributed by atoms with Gasteiger partial charge < -0.3 is 24.4 Å². The van der Waals surface area contributed by atoms with Crippen molar-refractivity contribution in [3.63, 3.8) is 0 Å². The maximum atomic E-state index is 12.6. The highest BCUT2D eigenvalue weighted by atomic mass is 16.6. The monoisotopic (exact) mass is 635 g/mol. The number of aliphatic hydroxyl groups is 1. The fraction of sp³-hybridized carbons (Fsp3) is 0.472. The first-order valence-corrected chi connectivity index (χ1v) is 16.5. The molecular formula is C36H41N7O4. The zero-order valence-electron chi connectivity index (χ0n) is 27.2. The molecule has 0 aromatic carbocycles. The van der Waals surface area contributed by atoms with Crippen LogP contribution in [0.3, 0.4) is 0 Å². The van der Waals surface area contributed by atoms with Gasteiger partial charge >= 0.3 is 6.09 Å². The lowest BCUT2D eigenvalue weighted by atomic mass is 9.87. The molecule has 2 aliphatic heterocycles. The second-order valence-corrected chi connectivity index (χ2v) is 14.3. The van der Waals surface area contributed by atoms with Gasteiger partial charge in [0, 0.05) is 61.8 Å². The minimum absolute atomic E-state index is 0.0259. The number of rotatable bonds is 6. The Balaban J connectivity index is 1.04. The molecule has 11 heteroatoms. The van der Waals surface area contributed by atoms with Crippen LogP contribution in [0, 0.1) is 23.2 Å². The molecule has 2 atom stereocenters. The van der Waals surface area contributed by atoms with Crippen LogP contribution < -0.4 is 9.64 Å². The van der Waals surface area contributed by atoms with Gasteiger partial charge in [-0.1, -0.05) is 6.07 Å². The summed E-state index contributed by atoms with van der Waals surface area (Å²) in [5, 5.41) is 25.5. The lowest BCUT2D eigenvalue weighted by Gasteiger charge is -2.38. The Morgan fingerprint density at radius 1 is 1.09 bits per heavy atom. The van der Waals surface area contributed by atoms with Gasteiger partial charge in [0.1, 0.15) is 23.2 Å². The largest absolute Gasteiger partial charge is 0.489 e. The van der Waals surface area contributed by atoms with E-state index in [9.17, 15) is 15.2 Å². The Kier molecular flexibility index (Phi) is 8.00. The number of hydrogen-bond acceptors (Lipinski definition) is 9. The van der Waals surface area contributed by atoms with Crippen molar-refractivity contribution in [3.05, 3.63) is 72.4 Å². The number of likely N-dealkylation sites (tertiary alicyclic amines) is 1. The van der Waals surface area contributed by atoms with Crippen LogP contribution in [0.2, 0.25) is 0 Å². The van der Waals surface area contributed by atoms with Gasteiger partial charge in [-0.15, -0.1) is 0 Å². The van der Waals surface area contributed by atoms with E-state index in [-0.39, 0.29) is 12.2 Å². The summed E-state index contributed by atoms with van der Waals surface area (Å²) in [6.07, 6.45) is 10.3. The molecule has 0 spiro atoms. The zero-order chi connectivity index (χ0) is 32.8. The fourth-order valence-corrected chi connectivity index (χ4v) is 7.37. The molecule has 47 heavy (non-hydrogen) atoms. The molecule has 7 rings (SSSR count). The normalized spacial score (nSPS) is 22.2. The number of amides is 1. The lowest BCUT2D eigenvalue weighted by molar-refractivity contribution is 0.0155. The molecule has 1 amide bonds. The number of carbonyl (C=O) groups is 1. The van der Waals surface area contributed by atoms with Crippen molar-refractivity contribution in [2.75, 3.05) is 31.1 Å². The van der Waals surface area contributed by atoms with Crippen molar-refractivity contribution in [2.45, 2.75) is 70.2 Å². The number of ether oxygens (including phenoxy) is 2. The van der Waals surface area contributed by atoms with Crippen LogP contribution in [0.1, 0.15) is 57.7 Å². The van der Waals surface area contributed by atoms with E-state index in [4.69, 9.17) is 14.5 Å². The highest BCUT2D eigenvalue weighted by molar-refractivity contribution is 5.85. The van der Waals surface area contributed by atoms with E-state index in [0.717, 1.165) is 35.5 Å². The molecule has 2 unspecified atom stereocenters. The Morgan fingerprint density at radius 2 is 1.85 bits per heavy atom. The van der Waals surface area contributed by atoms with Crippen LogP contribution in [0.5, 0.6) is 5.75 Å². The van der Waals surface area contributed by atoms with Crippen LogP contribution in [0.4, 0.5) is 10.6 Å². The van der Waals surface area contributed by atoms with E-state index in [0.29, 0.717) is 74.1 Å². The summed E-state index contributed by atoms with van der Waals surface area (Å²) < 4.78 is 13.8. The van der Waals surface area contributed by atoms with Crippen LogP contribution in [0.15, 0.2) is 61.2 Å². The Bertz CT molecular complexity index is 1770. The number of hydrogen-bond donors (Lipinski definition) is 1. The summed E-state index contributed by atoms with van der Waals surface area (Å²) in [7, 11) is 0. The first-order valence-electron chi connectivity index (χ1n) is 16.5. The number of nitriles is 1. The molecule has 11 nitrogen and oxygen atoms in total. The van der Waals surface area contributed by atoms with E-state index in [1.807, 2.05) is 74.5 Å². The summed E-state index contributed by atoms with van der Waals surface area (Å²) in [6.45, 7) is 8.44. The third-order valence-electron chi connectivity index (χ3n) is 9.68. The summed E-state index contributed by atoms with van der Waals surface area (Å²) in [4.78, 5) is 25.8. The highest BCUT2D eigenvalue weighted by Crippen LogP contribution is 2.41. The van der Waals surface area contributed by atoms with E-state index >= 15 is 0 Å². The predicted octanol–water partition coefficient (Wildman–Crippen LogP) is 5.26. The smallest absolute Gasteiger partial charge is 0.410 e. The van der Waals surface area contributed by atoms with Crippen molar-refractivity contribution in [1.29, 1.82) is 5.26 Å². The van der Waals surface area contributed by atoms with Crippen molar-refractivity contribution < 1.29 is 19.4 Å². The summed E-state index contributed by atoms with van der Waals surface area (Å²) in [5.74, 6) is 2.29. The van der Waals surface area contributed by atoms with E-state index in [1.165, 1.54) is 0 Å². The van der Waals surface area contributed by atoms with Crippen LogP contribution >= 0.6 is 0 Å². The summed E-state index contributed by atoms with van der Waals surface area (Å²) in [6, 6.07) is 14.1. The molecule has 3 fully saturated rings. The molecule has 1 N–H and O–H groups in total. The quantitative estimate of drug-likeness (QED) is 0.302. The van der Waals surface area contributed by atoms with Crippen molar-refractivity contribution >= 4 is 17.4 Å². The van der Waals surface area contributed by atoms with Gasteiger partial charge in [-0.3, -0.25) is 4.98 Å². The van der Waals surface area contributed by atoms with Crippen molar-refractivity contribution in [3.8, 4) is 22.9 Å². The van der Waals surface area contributed by atoms with Gasteiger partial charge in [-0.2, -0.15) is 10.4 Å². The van der Waals surface area contributed by atoms with Gasteiger partial charge in [0.25, 0.3) is 0 Å². The minimum atomic E-state index is -0.776. The zero-order valence-corrected chi connectivity index (χ0v) is 27.2. The second-order valence-electron chi connectivity index (χ2n) is 14.3. The molecule has 244 valence electrons. The maximum Gasteiger partial charge on any atom is 0.410 e. The Morgan fingerprint density at radius 3 is 2.49 bits per heavy atom. The van der Waals surface area contributed by atoms with E-state index in [2.05, 4.69) is 21.1 Å². The summed E-state index contributed by atoms with van der Waals surface area (Å²) >= 11 is 0. The standard InChI is InChI=1S/C36H41N7O4/c1-35(2,3)47-34(44)42-21-25-14-29(15-26(25)22-42)46-30-16-31(33-27(18-37)20-40-43(33)23-30)24-7-8-32(39-19-24)41-12-9-36(45,10-13-41)17-28-6-4-5-11-38-28/h4-8,11,16,19-20,23,25-26,29,45H,9-10,12-15,17,21-22H2,1-3H3. The number of aromatic nitrogens is 4. The molecule has 4 aromatic heterocycles. The molecule has 0 bridgehead atoms. The number of fused-ring (bicyclic) bond motifs is 2. The van der Waals surface area contributed by atoms with E-state index in [1.54, 1.807) is 16.9 Å². The van der Waals surface area contributed by atoms with Gasteiger partial charge in [0.15, 0.2) is 0 Å². The third kappa shape index (κ3) is 6.60. The summed E-state index contributed by atoms with van der Waals surface area (Å²) in [5.41, 5.74) is 2.50. The van der Waals surface area contributed by atoms with Gasteiger partial charge in [-0.25, -0.2) is 14.3 Å². The number of pyridine rings is 3. The minimum Gasteiger partial charge on any atom is -0.489 e. The Hall–Kier alpha value is -4.69. The molecule has 2 saturated heterocycles. The maximum absolute atomic E-state index is 12.6. The molecular weight excluding hydrogens is 594 g/mol. The third-order valence-corrected chi connectivity index (χ3v) is 9.68. The lowest BCUT2D eigenvalue weighted by Crippen LogP contribution is -2.46. The molecule has 1 aliphatic carbocycles. The van der Waals surface area contributed by atoms with E-state index < -0.39 is 11.2 Å². The fourth-order valence-electron chi connectivity index (χ4n) is 7.37. The highest BCUT2D eigenvalue weighted by Gasteiger charge is 2.44. The molecule has 4 aromatic rings. The van der Waals surface area contributed by atoms with Gasteiger partial charge in [0.05, 0.1) is 35.2 Å². The SMILES string of the molecule is CC(C)(C)OC(=O)N1CC2CC(Oc3cc(-c4ccc(N5CCC(O)(Cc6ccccn6)CC5)nc4)c4c(C#N)cnn4c3)CC2C1. The van der Waals surface area contributed by atoms with Crippen molar-refractivity contribution in [1.82, 2.24) is 24.5 Å². The topological polar surface area (TPSA) is 129 Å². The number of carbonyl (C=O) groups excluding carboxylic acids is 1. The van der Waals surface area contributed by atoms with Gasteiger partial charge in [0.2, 0.25) is 0 Å². The van der Waals surface area contributed by atoms with Crippen LogP contribution in [0.25, 0.3) is 16.6 Å². The van der Waals surface area contributed by atoms with Crippen LogP contribution in [-0.4, -0.2) is 79.2 Å². The van der Waals surface area contributed by atoms with Crippen molar-refractivity contribution in [2.24, 2.45) is 11.8 Å². The average Bonchev–Trinajstić information content (AvgIpc) is 3.74.